The van der Waals surface area contributed by atoms with Crippen molar-refractivity contribution in [2.75, 3.05) is 13.7 Å². The Labute approximate surface area is 185 Å². The predicted molar refractivity (Wildman–Crippen MR) is 119 cm³/mol. The molecule has 7 heteroatoms. The van der Waals surface area contributed by atoms with Crippen molar-refractivity contribution in [3.05, 3.63) is 80.6 Å². The summed E-state index contributed by atoms with van der Waals surface area (Å²) in [5.41, 5.74) is 2.71. The molecule has 3 rings (SSSR count). The number of carbonyl (C=O) groups is 1. The molecule has 0 radical (unpaired) electrons. The molecular weight excluding hydrogens is 423 g/mol. The first kappa shape index (κ1) is 21.9. The minimum absolute atomic E-state index is 0.199. The van der Waals surface area contributed by atoms with Gasteiger partial charge in [0.1, 0.15) is 11.7 Å². The number of methoxy groups -OCH3 is 1. The summed E-state index contributed by atoms with van der Waals surface area (Å²) < 4.78 is 10.6. The number of benzene rings is 2. The molecule has 1 aliphatic rings. The Kier molecular flexibility index (Phi) is 6.81. The molecule has 0 saturated carbocycles. The predicted octanol–water partition coefficient (Wildman–Crippen LogP) is 5.82. The highest BCUT2D eigenvalue weighted by Gasteiger charge is 2.43. The van der Waals surface area contributed by atoms with Crippen molar-refractivity contribution in [3.63, 3.8) is 0 Å². The van der Waals surface area contributed by atoms with Gasteiger partial charge in [-0.05, 0) is 55.8 Å². The van der Waals surface area contributed by atoms with Gasteiger partial charge in [-0.1, -0.05) is 29.3 Å². The van der Waals surface area contributed by atoms with E-state index in [9.17, 15) is 4.79 Å². The van der Waals surface area contributed by atoms with Gasteiger partial charge in [-0.3, -0.25) is 0 Å². The van der Waals surface area contributed by atoms with Gasteiger partial charge in [0, 0.05) is 15.6 Å². The summed E-state index contributed by atoms with van der Waals surface area (Å²) in [5.74, 6) is -0.477. The Bertz CT molecular complexity index is 1070. The van der Waals surface area contributed by atoms with Crippen LogP contribution in [-0.2, 0) is 9.53 Å². The first-order chi connectivity index (χ1) is 14.4. The lowest BCUT2D eigenvalue weighted by atomic mass is 9.79. The van der Waals surface area contributed by atoms with Crippen LogP contribution in [0.25, 0.3) is 10.5 Å². The number of hydrogen-bond acceptors (Lipinski definition) is 4. The fourth-order valence-corrected chi connectivity index (χ4v) is 4.02. The van der Waals surface area contributed by atoms with Crippen molar-refractivity contribution in [1.29, 1.82) is 0 Å². The van der Waals surface area contributed by atoms with Crippen LogP contribution in [0, 0.1) is 6.57 Å². The first-order valence-corrected chi connectivity index (χ1v) is 10.1. The highest BCUT2D eigenvalue weighted by Crippen LogP contribution is 2.43. The smallest absolute Gasteiger partial charge is 0.337 e. The van der Waals surface area contributed by atoms with Crippen molar-refractivity contribution < 1.29 is 14.3 Å². The van der Waals surface area contributed by atoms with Crippen LogP contribution < -0.4 is 4.74 Å². The maximum absolute atomic E-state index is 13.1. The molecule has 2 unspecified atom stereocenters. The van der Waals surface area contributed by atoms with Crippen LogP contribution in [0.4, 0.5) is 0 Å². The van der Waals surface area contributed by atoms with Gasteiger partial charge in [0.25, 0.3) is 6.04 Å². The van der Waals surface area contributed by atoms with E-state index in [0.29, 0.717) is 38.3 Å². The van der Waals surface area contributed by atoms with Gasteiger partial charge in [0.15, 0.2) is 0 Å². The molecule has 30 heavy (non-hydrogen) atoms. The van der Waals surface area contributed by atoms with E-state index >= 15 is 0 Å². The molecule has 154 valence electrons. The second kappa shape index (κ2) is 9.34. The minimum Gasteiger partial charge on any atom is -0.497 e. The number of hydrogen-bond donors (Lipinski definition) is 0. The van der Waals surface area contributed by atoms with E-state index < -0.39 is 17.9 Å². The number of rotatable bonds is 5. The first-order valence-electron chi connectivity index (χ1n) is 9.33. The van der Waals surface area contributed by atoms with E-state index in [0.717, 1.165) is 5.56 Å². The summed E-state index contributed by atoms with van der Waals surface area (Å²) in [6.07, 6.45) is 0. The summed E-state index contributed by atoms with van der Waals surface area (Å²) >= 11 is 12.6. The average Bonchev–Trinajstić information content (AvgIpc) is 2.73. The Balaban J connectivity index is 2.29. The fourth-order valence-electron chi connectivity index (χ4n) is 3.50. The molecule has 0 aromatic heterocycles. The average molecular weight is 443 g/mol. The molecule has 0 N–H and O–H groups in total. The number of ether oxygens (including phenoxy) is 2. The largest absolute Gasteiger partial charge is 0.497 e. The lowest BCUT2D eigenvalue weighted by molar-refractivity contribution is -0.138. The third kappa shape index (κ3) is 4.21. The van der Waals surface area contributed by atoms with Gasteiger partial charge in [0.05, 0.1) is 30.7 Å². The van der Waals surface area contributed by atoms with Gasteiger partial charge in [-0.15, -0.1) is 0 Å². The van der Waals surface area contributed by atoms with Gasteiger partial charge in [0.2, 0.25) is 0 Å². The second-order valence-corrected chi connectivity index (χ2v) is 7.53. The Morgan fingerprint density at radius 3 is 2.47 bits per heavy atom. The number of aliphatic imine (C=N–C) groups is 1. The zero-order valence-electron chi connectivity index (χ0n) is 16.8. The van der Waals surface area contributed by atoms with Crippen LogP contribution in [0.3, 0.4) is 0 Å². The summed E-state index contributed by atoms with van der Waals surface area (Å²) in [4.78, 5) is 21.5. The Morgan fingerprint density at radius 2 is 1.90 bits per heavy atom. The number of carbonyl (C=O) groups excluding carboxylic acids is 1. The highest BCUT2D eigenvalue weighted by atomic mass is 35.5. The van der Waals surface area contributed by atoms with Gasteiger partial charge < -0.3 is 14.3 Å². The minimum atomic E-state index is -0.690. The molecule has 0 saturated heterocycles. The summed E-state index contributed by atoms with van der Waals surface area (Å²) in [6.45, 7) is 11.5. The van der Waals surface area contributed by atoms with E-state index in [-0.39, 0.29) is 6.61 Å². The normalized spacial score (nSPS) is 18.5. The summed E-state index contributed by atoms with van der Waals surface area (Å²) in [5, 5.41) is 0.855. The van der Waals surface area contributed by atoms with Crippen LogP contribution in [0.5, 0.6) is 5.75 Å². The second-order valence-electron chi connectivity index (χ2n) is 6.68. The van der Waals surface area contributed by atoms with Crippen molar-refractivity contribution in [2.45, 2.75) is 25.8 Å². The van der Waals surface area contributed by atoms with E-state index in [1.165, 1.54) is 0 Å². The molecule has 0 spiro atoms. The third-order valence-electron chi connectivity index (χ3n) is 4.89. The maximum atomic E-state index is 13.1. The SMILES string of the molecule is [C-]#[N+]C1C(C)=NC(c2ccc(OC)cc2)=C(C(=O)OCC)C1c1ccc(Cl)cc1Cl. The molecule has 0 amide bonds. The number of halogens is 2. The van der Waals surface area contributed by atoms with Crippen molar-refractivity contribution in [3.8, 4) is 5.75 Å². The fraction of sp³-hybridized carbons (Fsp3) is 0.261. The lowest BCUT2D eigenvalue weighted by Crippen LogP contribution is -2.32. The van der Waals surface area contributed by atoms with E-state index in [1.54, 1.807) is 51.3 Å². The van der Waals surface area contributed by atoms with Crippen LogP contribution in [0.2, 0.25) is 10.0 Å². The number of esters is 1. The molecule has 1 heterocycles. The van der Waals surface area contributed by atoms with Gasteiger partial charge >= 0.3 is 5.97 Å². The van der Waals surface area contributed by atoms with E-state index in [2.05, 4.69) is 9.84 Å². The third-order valence-corrected chi connectivity index (χ3v) is 5.46. The molecule has 0 bridgehead atoms. The topological polar surface area (TPSA) is 52.2 Å². The molecular formula is C23H20Cl2N2O3. The Morgan fingerprint density at radius 1 is 1.20 bits per heavy atom. The molecule has 1 aliphatic heterocycles. The molecule has 2 aromatic carbocycles. The molecule has 0 aliphatic carbocycles. The zero-order valence-corrected chi connectivity index (χ0v) is 18.3. The van der Waals surface area contributed by atoms with Gasteiger partial charge in [-0.25, -0.2) is 16.4 Å². The molecule has 2 atom stereocenters. The highest BCUT2D eigenvalue weighted by molar-refractivity contribution is 6.35. The Hall–Kier alpha value is -2.81. The lowest BCUT2D eigenvalue weighted by Gasteiger charge is -2.27. The van der Waals surface area contributed by atoms with Crippen molar-refractivity contribution >= 4 is 40.6 Å². The molecule has 5 nitrogen and oxygen atoms in total. The van der Waals surface area contributed by atoms with Crippen LogP contribution >= 0.6 is 23.2 Å². The number of nitrogens with zero attached hydrogens (tertiary/aromatic N) is 2. The standard InChI is InChI=1S/C23H20Cl2N2O3/c1-5-30-23(28)20-19(17-11-8-15(24)12-18(17)25)21(26-3)13(2)27-22(20)14-6-9-16(29-4)10-7-14/h6-12,19,21H,5H2,1-2,4H3. The maximum Gasteiger partial charge on any atom is 0.337 e. The van der Waals surface area contributed by atoms with Gasteiger partial charge in [-0.2, -0.15) is 0 Å². The quantitative estimate of drug-likeness (QED) is 0.432. The zero-order chi connectivity index (χ0) is 21.8. The van der Waals surface area contributed by atoms with E-state index in [4.69, 9.17) is 39.2 Å². The monoisotopic (exact) mass is 442 g/mol. The molecule has 0 fully saturated rings. The van der Waals surface area contributed by atoms with Crippen LogP contribution in [0.1, 0.15) is 30.9 Å². The summed E-state index contributed by atoms with van der Waals surface area (Å²) in [6, 6.07) is 11.6. The summed E-state index contributed by atoms with van der Waals surface area (Å²) in [7, 11) is 1.58. The van der Waals surface area contributed by atoms with Crippen LogP contribution in [-0.4, -0.2) is 31.4 Å². The van der Waals surface area contributed by atoms with Crippen molar-refractivity contribution in [1.82, 2.24) is 0 Å². The van der Waals surface area contributed by atoms with Crippen molar-refractivity contribution in [2.24, 2.45) is 4.99 Å². The van der Waals surface area contributed by atoms with E-state index in [1.807, 2.05) is 12.1 Å². The molecule has 2 aromatic rings. The van der Waals surface area contributed by atoms with Crippen LogP contribution in [0.15, 0.2) is 53.0 Å².